The summed E-state index contributed by atoms with van der Waals surface area (Å²) in [4.78, 5) is 8.38. The zero-order valence-electron chi connectivity index (χ0n) is 9.04. The molecule has 1 heterocycles. The molecule has 0 saturated heterocycles. The molecule has 1 aliphatic carbocycles. The molecule has 1 aromatic rings. The van der Waals surface area contributed by atoms with E-state index in [1.54, 1.807) is 6.33 Å². The van der Waals surface area contributed by atoms with Gasteiger partial charge in [0.1, 0.15) is 12.1 Å². The molecule has 0 spiro atoms. The van der Waals surface area contributed by atoms with Crippen LogP contribution in [0, 0.1) is 5.41 Å². The van der Waals surface area contributed by atoms with Crippen LogP contribution in [0.15, 0.2) is 12.4 Å². The van der Waals surface area contributed by atoms with Crippen LogP contribution in [-0.4, -0.2) is 16.0 Å². The fourth-order valence-electron chi connectivity index (χ4n) is 1.56. The van der Waals surface area contributed by atoms with Gasteiger partial charge in [-0.15, -0.1) is 0 Å². The second kappa shape index (κ2) is 3.23. The van der Waals surface area contributed by atoms with Crippen LogP contribution in [0.3, 0.4) is 0 Å². The van der Waals surface area contributed by atoms with E-state index in [0.29, 0.717) is 11.5 Å². The Balaban J connectivity index is 2.03. The number of anilines is 1. The third-order valence-electron chi connectivity index (χ3n) is 2.92. The van der Waals surface area contributed by atoms with Crippen LogP contribution in [0.5, 0.6) is 0 Å². The zero-order chi connectivity index (χ0) is 10.2. The lowest BCUT2D eigenvalue weighted by atomic mass is 10.2. The van der Waals surface area contributed by atoms with Crippen LogP contribution in [0.1, 0.15) is 32.9 Å². The van der Waals surface area contributed by atoms with E-state index >= 15 is 0 Å². The molecule has 14 heavy (non-hydrogen) atoms. The third kappa shape index (κ3) is 1.86. The van der Waals surface area contributed by atoms with Crippen LogP contribution in [0.25, 0.3) is 0 Å². The number of nitrogens with zero attached hydrogens (tertiary/aromatic N) is 2. The van der Waals surface area contributed by atoms with Gasteiger partial charge in [0.25, 0.3) is 0 Å². The van der Waals surface area contributed by atoms with Gasteiger partial charge in [-0.3, -0.25) is 0 Å². The Morgan fingerprint density at radius 2 is 2.21 bits per heavy atom. The summed E-state index contributed by atoms with van der Waals surface area (Å²) in [6.45, 7) is 6.65. The van der Waals surface area contributed by atoms with Gasteiger partial charge in [-0.1, -0.05) is 20.8 Å². The molecule has 0 aromatic carbocycles. The molecule has 1 saturated carbocycles. The highest BCUT2D eigenvalue weighted by atomic mass is 15.1. The normalized spacial score (nSPS) is 23.2. The molecule has 0 radical (unpaired) electrons. The first-order valence-corrected chi connectivity index (χ1v) is 5.19. The lowest BCUT2D eigenvalue weighted by Crippen LogP contribution is -2.10. The quantitative estimate of drug-likeness (QED) is 0.796. The molecule has 0 amide bonds. The van der Waals surface area contributed by atoms with Crippen molar-refractivity contribution in [2.24, 2.45) is 5.41 Å². The Morgan fingerprint density at radius 1 is 1.50 bits per heavy atom. The van der Waals surface area contributed by atoms with Gasteiger partial charge in [0.2, 0.25) is 0 Å². The topological polar surface area (TPSA) is 37.8 Å². The number of aromatic nitrogens is 2. The van der Waals surface area contributed by atoms with Gasteiger partial charge >= 0.3 is 0 Å². The van der Waals surface area contributed by atoms with Gasteiger partial charge in [0.15, 0.2) is 0 Å². The monoisotopic (exact) mass is 191 g/mol. The van der Waals surface area contributed by atoms with Crippen molar-refractivity contribution in [1.82, 2.24) is 9.97 Å². The predicted molar refractivity (Wildman–Crippen MR) is 57.2 cm³/mol. The van der Waals surface area contributed by atoms with Gasteiger partial charge in [-0.05, 0) is 18.3 Å². The Labute approximate surface area is 85.0 Å². The maximum atomic E-state index is 4.21. The summed E-state index contributed by atoms with van der Waals surface area (Å²) in [5, 5.41) is 3.43. The highest BCUT2D eigenvalue weighted by Crippen LogP contribution is 2.46. The highest BCUT2D eigenvalue weighted by molar-refractivity contribution is 5.39. The van der Waals surface area contributed by atoms with Crippen molar-refractivity contribution in [3.05, 3.63) is 18.1 Å². The smallest absolute Gasteiger partial charge is 0.129 e. The summed E-state index contributed by atoms with van der Waals surface area (Å²) >= 11 is 0. The summed E-state index contributed by atoms with van der Waals surface area (Å²) in [5.74, 6) is 0.965. The van der Waals surface area contributed by atoms with E-state index in [0.717, 1.165) is 17.9 Å². The molecule has 1 atom stereocenters. The van der Waals surface area contributed by atoms with Crippen molar-refractivity contribution in [2.45, 2.75) is 39.7 Å². The van der Waals surface area contributed by atoms with Gasteiger partial charge in [-0.25, -0.2) is 9.97 Å². The largest absolute Gasteiger partial charge is 0.367 e. The van der Waals surface area contributed by atoms with Gasteiger partial charge in [0, 0.05) is 17.8 Å². The maximum absolute atomic E-state index is 4.21. The van der Waals surface area contributed by atoms with Crippen LogP contribution in [0.4, 0.5) is 5.82 Å². The van der Waals surface area contributed by atoms with E-state index in [9.17, 15) is 0 Å². The predicted octanol–water partition coefficient (Wildman–Crippen LogP) is 2.25. The van der Waals surface area contributed by atoms with Crippen molar-refractivity contribution < 1.29 is 0 Å². The van der Waals surface area contributed by atoms with Gasteiger partial charge in [0.05, 0.1) is 0 Å². The number of rotatable bonds is 3. The van der Waals surface area contributed by atoms with E-state index in [1.165, 1.54) is 6.42 Å². The Hall–Kier alpha value is -1.12. The van der Waals surface area contributed by atoms with Crippen LogP contribution in [-0.2, 0) is 6.42 Å². The Bertz CT molecular complexity index is 333. The number of hydrogen-bond acceptors (Lipinski definition) is 3. The van der Waals surface area contributed by atoms with Crippen molar-refractivity contribution in [1.29, 1.82) is 0 Å². The SMILES string of the molecule is CCc1cc(NC2CC2(C)C)ncn1. The van der Waals surface area contributed by atoms with E-state index in [4.69, 9.17) is 0 Å². The van der Waals surface area contributed by atoms with E-state index in [1.807, 2.05) is 6.07 Å². The molecule has 1 N–H and O–H groups in total. The standard InChI is InChI=1S/C11H17N3/c1-4-8-5-10(13-7-12-8)14-9-6-11(9,2)3/h5,7,9H,4,6H2,1-3H3,(H,12,13,14). The summed E-state index contributed by atoms with van der Waals surface area (Å²) in [5.41, 5.74) is 1.54. The van der Waals surface area contributed by atoms with Crippen molar-refractivity contribution in [3.8, 4) is 0 Å². The molecule has 0 bridgehead atoms. The lowest BCUT2D eigenvalue weighted by molar-refractivity contribution is 0.629. The fraction of sp³-hybridized carbons (Fsp3) is 0.636. The summed E-state index contributed by atoms with van der Waals surface area (Å²) in [6, 6.07) is 2.62. The van der Waals surface area contributed by atoms with E-state index in [2.05, 4.69) is 36.1 Å². The summed E-state index contributed by atoms with van der Waals surface area (Å²) in [6.07, 6.45) is 3.83. The molecule has 1 aromatic heterocycles. The van der Waals surface area contributed by atoms with Gasteiger partial charge in [-0.2, -0.15) is 0 Å². The second-order valence-electron chi connectivity index (χ2n) is 4.64. The molecular formula is C11H17N3. The Morgan fingerprint density at radius 3 is 2.79 bits per heavy atom. The summed E-state index contributed by atoms with van der Waals surface area (Å²) < 4.78 is 0. The molecule has 2 rings (SSSR count). The summed E-state index contributed by atoms with van der Waals surface area (Å²) in [7, 11) is 0. The molecular weight excluding hydrogens is 174 g/mol. The molecule has 1 fully saturated rings. The van der Waals surface area contributed by atoms with Gasteiger partial charge < -0.3 is 5.32 Å². The zero-order valence-corrected chi connectivity index (χ0v) is 9.04. The maximum Gasteiger partial charge on any atom is 0.129 e. The number of nitrogens with one attached hydrogen (secondary N) is 1. The minimum atomic E-state index is 0.442. The molecule has 1 unspecified atom stereocenters. The molecule has 76 valence electrons. The minimum absolute atomic E-state index is 0.442. The first-order chi connectivity index (χ1) is 6.62. The lowest BCUT2D eigenvalue weighted by Gasteiger charge is -2.07. The number of aryl methyl sites for hydroxylation is 1. The molecule has 1 aliphatic rings. The van der Waals surface area contributed by atoms with Crippen molar-refractivity contribution in [3.63, 3.8) is 0 Å². The molecule has 3 nitrogen and oxygen atoms in total. The van der Waals surface area contributed by atoms with E-state index < -0.39 is 0 Å². The third-order valence-corrected chi connectivity index (χ3v) is 2.92. The molecule has 3 heteroatoms. The number of hydrogen-bond donors (Lipinski definition) is 1. The van der Waals surface area contributed by atoms with Crippen molar-refractivity contribution in [2.75, 3.05) is 5.32 Å². The van der Waals surface area contributed by atoms with Crippen molar-refractivity contribution >= 4 is 5.82 Å². The Kier molecular flexibility index (Phi) is 2.17. The minimum Gasteiger partial charge on any atom is -0.367 e. The highest BCUT2D eigenvalue weighted by Gasteiger charge is 2.45. The van der Waals surface area contributed by atoms with Crippen LogP contribution < -0.4 is 5.32 Å². The first-order valence-electron chi connectivity index (χ1n) is 5.19. The average Bonchev–Trinajstić information content (AvgIpc) is 2.74. The molecule has 0 aliphatic heterocycles. The van der Waals surface area contributed by atoms with Crippen LogP contribution in [0.2, 0.25) is 0 Å². The van der Waals surface area contributed by atoms with Crippen LogP contribution >= 0.6 is 0 Å². The average molecular weight is 191 g/mol. The fourth-order valence-corrected chi connectivity index (χ4v) is 1.56. The van der Waals surface area contributed by atoms with E-state index in [-0.39, 0.29) is 0 Å². The second-order valence-corrected chi connectivity index (χ2v) is 4.64. The first kappa shape index (κ1) is 9.44.